The van der Waals surface area contributed by atoms with Gasteiger partial charge >= 0.3 is 0 Å². The fourth-order valence-electron chi connectivity index (χ4n) is 1.87. The second-order valence-electron chi connectivity index (χ2n) is 4.21. The first-order valence-corrected chi connectivity index (χ1v) is 7.97. The van der Waals surface area contributed by atoms with E-state index in [9.17, 15) is 13.2 Å². The first-order chi connectivity index (χ1) is 7.99. The molecule has 1 rings (SSSR count). The third kappa shape index (κ3) is 4.44. The summed E-state index contributed by atoms with van der Waals surface area (Å²) in [6, 6.07) is 0.0934. The van der Waals surface area contributed by atoms with E-state index in [1.807, 2.05) is 6.92 Å². The van der Waals surface area contributed by atoms with Crippen molar-refractivity contribution in [3.05, 3.63) is 0 Å². The molecule has 1 fully saturated rings. The largest absolute Gasteiger partial charge is 0.353 e. The van der Waals surface area contributed by atoms with Crippen molar-refractivity contribution in [1.82, 2.24) is 9.62 Å². The van der Waals surface area contributed by atoms with Crippen LogP contribution in [0, 0.1) is 0 Å². The fraction of sp³-hybridized carbons (Fsp3) is 0.900. The van der Waals surface area contributed by atoms with E-state index in [4.69, 9.17) is 11.6 Å². The highest BCUT2D eigenvalue weighted by Crippen LogP contribution is 2.15. The van der Waals surface area contributed by atoms with E-state index < -0.39 is 10.0 Å². The summed E-state index contributed by atoms with van der Waals surface area (Å²) in [6.07, 6.45) is 2.67. The van der Waals surface area contributed by atoms with E-state index in [0.717, 1.165) is 6.42 Å². The number of carbonyl (C=O) groups is 1. The van der Waals surface area contributed by atoms with E-state index >= 15 is 0 Å². The van der Waals surface area contributed by atoms with Gasteiger partial charge in [0.25, 0.3) is 0 Å². The van der Waals surface area contributed by atoms with Gasteiger partial charge in [0.2, 0.25) is 15.9 Å². The van der Waals surface area contributed by atoms with E-state index in [1.54, 1.807) is 0 Å². The summed E-state index contributed by atoms with van der Waals surface area (Å²) in [6.45, 7) is 2.83. The monoisotopic (exact) mass is 282 g/mol. The first kappa shape index (κ1) is 14.7. The Balaban J connectivity index is 2.38. The summed E-state index contributed by atoms with van der Waals surface area (Å²) in [5, 5.41) is 2.54. The predicted octanol–water partition coefficient (Wildman–Crippen LogP) is 0.893. The number of amides is 1. The number of piperidine rings is 1. The highest BCUT2D eigenvalue weighted by molar-refractivity contribution is 7.90. The lowest BCUT2D eigenvalue weighted by molar-refractivity contribution is -0.122. The number of nitrogens with one attached hydrogen (secondary N) is 1. The van der Waals surface area contributed by atoms with Crippen LogP contribution in [0.3, 0.4) is 0 Å². The van der Waals surface area contributed by atoms with Gasteiger partial charge in [0, 0.05) is 25.6 Å². The maximum absolute atomic E-state index is 11.5. The van der Waals surface area contributed by atoms with Gasteiger partial charge < -0.3 is 5.32 Å². The standard InChI is InChI=1S/C10H19ClN2O3S/c1-2-3-10(14)12-9-4-6-13(7-5-9)17(15,16)8-11/h9H,2-8H2,1H3,(H,12,14). The minimum atomic E-state index is -3.30. The maximum atomic E-state index is 11.5. The molecule has 0 spiro atoms. The zero-order valence-electron chi connectivity index (χ0n) is 9.99. The van der Waals surface area contributed by atoms with Crippen LogP contribution in [-0.2, 0) is 14.8 Å². The predicted molar refractivity (Wildman–Crippen MR) is 67.3 cm³/mol. The lowest BCUT2D eigenvalue weighted by Gasteiger charge is -2.31. The minimum Gasteiger partial charge on any atom is -0.353 e. The Hall–Kier alpha value is -0.330. The fourth-order valence-corrected chi connectivity index (χ4v) is 3.19. The molecule has 100 valence electrons. The Labute approximate surface area is 108 Å². The van der Waals surface area contributed by atoms with Crippen molar-refractivity contribution in [3.63, 3.8) is 0 Å². The highest BCUT2D eigenvalue weighted by Gasteiger charge is 2.27. The number of hydrogen-bond acceptors (Lipinski definition) is 3. The molecule has 1 amide bonds. The molecule has 0 aliphatic carbocycles. The molecule has 1 saturated heterocycles. The van der Waals surface area contributed by atoms with Gasteiger partial charge in [-0.3, -0.25) is 4.79 Å². The Kier molecular flexibility index (Phi) is 5.69. The zero-order chi connectivity index (χ0) is 12.9. The van der Waals surface area contributed by atoms with Gasteiger partial charge in [0.15, 0.2) is 0 Å². The molecule has 0 aromatic rings. The van der Waals surface area contributed by atoms with Crippen molar-refractivity contribution in [2.45, 2.75) is 38.6 Å². The second kappa shape index (κ2) is 6.56. The van der Waals surface area contributed by atoms with E-state index in [2.05, 4.69) is 5.32 Å². The maximum Gasteiger partial charge on any atom is 0.228 e. The summed E-state index contributed by atoms with van der Waals surface area (Å²) >= 11 is 5.39. The number of nitrogens with zero attached hydrogens (tertiary/aromatic N) is 1. The van der Waals surface area contributed by atoms with Crippen molar-refractivity contribution in [3.8, 4) is 0 Å². The number of sulfonamides is 1. The van der Waals surface area contributed by atoms with Gasteiger partial charge in [-0.25, -0.2) is 12.7 Å². The molecular weight excluding hydrogens is 264 g/mol. The molecule has 17 heavy (non-hydrogen) atoms. The van der Waals surface area contributed by atoms with Crippen LogP contribution in [-0.4, -0.2) is 43.0 Å². The summed E-state index contributed by atoms with van der Waals surface area (Å²) in [5.41, 5.74) is 0. The molecule has 5 nitrogen and oxygen atoms in total. The van der Waals surface area contributed by atoms with Crippen molar-refractivity contribution in [2.75, 3.05) is 18.3 Å². The molecule has 0 aromatic heterocycles. The van der Waals surface area contributed by atoms with Crippen LogP contribution in [0.15, 0.2) is 0 Å². The van der Waals surface area contributed by atoms with Crippen LogP contribution >= 0.6 is 11.6 Å². The van der Waals surface area contributed by atoms with Crippen LogP contribution in [0.5, 0.6) is 0 Å². The first-order valence-electron chi connectivity index (χ1n) is 5.82. The van der Waals surface area contributed by atoms with E-state index in [1.165, 1.54) is 4.31 Å². The number of carbonyl (C=O) groups excluding carboxylic acids is 1. The Bertz CT molecular complexity index is 351. The molecule has 1 aliphatic rings. The summed E-state index contributed by atoms with van der Waals surface area (Å²) in [5.74, 6) is 0.0474. The quantitative estimate of drug-likeness (QED) is 0.762. The van der Waals surface area contributed by atoms with E-state index in [0.29, 0.717) is 32.4 Å². The summed E-state index contributed by atoms with van der Waals surface area (Å²) < 4.78 is 24.4. The Morgan fingerprint density at radius 1 is 1.41 bits per heavy atom. The molecule has 1 aliphatic heterocycles. The number of halogens is 1. The summed E-state index contributed by atoms with van der Waals surface area (Å²) in [4.78, 5) is 11.4. The lowest BCUT2D eigenvalue weighted by Crippen LogP contribution is -2.46. The normalized spacial score (nSPS) is 19.2. The van der Waals surface area contributed by atoms with Crippen molar-refractivity contribution in [2.24, 2.45) is 0 Å². The second-order valence-corrected chi connectivity index (χ2v) is 6.76. The van der Waals surface area contributed by atoms with Gasteiger partial charge in [-0.15, -0.1) is 11.6 Å². The highest BCUT2D eigenvalue weighted by atomic mass is 35.5. The Morgan fingerprint density at radius 2 is 2.00 bits per heavy atom. The Morgan fingerprint density at radius 3 is 2.47 bits per heavy atom. The van der Waals surface area contributed by atoms with Crippen LogP contribution in [0.1, 0.15) is 32.6 Å². The molecule has 0 bridgehead atoms. The van der Waals surface area contributed by atoms with Crippen LogP contribution in [0.4, 0.5) is 0 Å². The van der Waals surface area contributed by atoms with Gasteiger partial charge in [-0.1, -0.05) is 6.92 Å². The van der Waals surface area contributed by atoms with Gasteiger partial charge in [0.05, 0.1) is 0 Å². The molecule has 0 saturated carbocycles. The molecule has 7 heteroatoms. The average Bonchev–Trinajstić information content (AvgIpc) is 2.30. The topological polar surface area (TPSA) is 66.5 Å². The minimum absolute atomic E-state index is 0.0474. The zero-order valence-corrected chi connectivity index (χ0v) is 11.6. The lowest BCUT2D eigenvalue weighted by atomic mass is 10.1. The third-order valence-electron chi connectivity index (χ3n) is 2.83. The number of hydrogen-bond donors (Lipinski definition) is 1. The molecule has 1 N–H and O–H groups in total. The van der Waals surface area contributed by atoms with Crippen molar-refractivity contribution >= 4 is 27.5 Å². The van der Waals surface area contributed by atoms with E-state index in [-0.39, 0.29) is 17.2 Å². The van der Waals surface area contributed by atoms with Crippen molar-refractivity contribution < 1.29 is 13.2 Å². The average molecular weight is 283 g/mol. The number of rotatable bonds is 5. The van der Waals surface area contributed by atoms with Crippen LogP contribution in [0.2, 0.25) is 0 Å². The molecule has 0 unspecified atom stereocenters. The molecule has 1 heterocycles. The third-order valence-corrected chi connectivity index (χ3v) is 5.08. The SMILES string of the molecule is CCCC(=O)NC1CCN(S(=O)(=O)CCl)CC1. The molecular formula is C10H19ClN2O3S. The van der Waals surface area contributed by atoms with Crippen LogP contribution in [0.25, 0.3) is 0 Å². The summed E-state index contributed by atoms with van der Waals surface area (Å²) in [7, 11) is -3.30. The molecule has 0 aromatic carbocycles. The van der Waals surface area contributed by atoms with Gasteiger partial charge in [-0.2, -0.15) is 0 Å². The molecule has 0 radical (unpaired) electrons. The smallest absolute Gasteiger partial charge is 0.228 e. The van der Waals surface area contributed by atoms with Crippen LogP contribution < -0.4 is 5.32 Å². The number of alkyl halides is 1. The van der Waals surface area contributed by atoms with Crippen molar-refractivity contribution in [1.29, 1.82) is 0 Å². The van der Waals surface area contributed by atoms with Gasteiger partial charge in [-0.05, 0) is 19.3 Å². The molecule has 0 atom stereocenters. The van der Waals surface area contributed by atoms with Gasteiger partial charge in [0.1, 0.15) is 5.21 Å².